The molecule has 0 saturated carbocycles. The Morgan fingerprint density at radius 1 is 0.315 bits per heavy atom. The van der Waals surface area contributed by atoms with E-state index in [1.54, 1.807) is 0 Å². The Morgan fingerprint density at radius 2 is 0.652 bits per heavy atom. The van der Waals surface area contributed by atoms with Crippen LogP contribution in [0.15, 0.2) is 0 Å². The van der Waals surface area contributed by atoms with Crippen molar-refractivity contribution in [3.63, 3.8) is 0 Å². The topological polar surface area (TPSA) is 664 Å². The zero-order valence-electron chi connectivity index (χ0n) is 47.8. The third-order valence-electron chi connectivity index (χ3n) is 11.4. The van der Waals surface area contributed by atoms with Crippen LogP contribution in [0.25, 0.3) is 0 Å². The highest BCUT2D eigenvalue weighted by Crippen LogP contribution is 2.54. The van der Waals surface area contributed by atoms with Gasteiger partial charge in [-0.3, -0.25) is 0 Å². The van der Waals surface area contributed by atoms with Crippen molar-refractivity contribution in [2.45, 2.75) is 58.9 Å². The fraction of sp³-hybridized carbons (Fsp3) is 1.00. The van der Waals surface area contributed by atoms with Crippen LogP contribution in [0.4, 0.5) is 0 Å². The molecule has 83 heteroatoms. The van der Waals surface area contributed by atoms with Gasteiger partial charge in [0.2, 0.25) is 147 Å². The van der Waals surface area contributed by atoms with Gasteiger partial charge in [0.15, 0.2) is 17.4 Å². The largest absolute Gasteiger partial charge is 0.438 e. The summed E-state index contributed by atoms with van der Waals surface area (Å²) in [4.78, 5) is 319. The first kappa shape index (κ1) is 99.5. The zero-order valence-corrected chi connectivity index (χ0v) is 90.0. The van der Waals surface area contributed by atoms with Gasteiger partial charge in [-0.2, -0.15) is 0 Å². The molecule has 0 aromatic rings. The van der Waals surface area contributed by atoms with Crippen molar-refractivity contribution in [2.75, 3.05) is 0 Å². The second-order valence-corrected chi connectivity index (χ2v) is 194. The van der Waals surface area contributed by atoms with Gasteiger partial charge >= 0.3 is 127 Å². The van der Waals surface area contributed by atoms with Gasteiger partial charge in [0.25, 0.3) is 73.9 Å². The molecule has 0 aromatic heterocycles. The zero-order chi connectivity index (χ0) is 71.8. The molecule has 504 valence electrons. The molecule has 50 radical (unpaired) electrons. The quantitative estimate of drug-likeness (QED) is 0.0251. The molecular weight excluding hydrogens is 1940 g/mol. The number of hydrogen-bond acceptors (Lipinski definition) is 41. The van der Waals surface area contributed by atoms with E-state index in [0.717, 1.165) is 26.2 Å². The molecule has 0 aliphatic carbocycles. The fourth-order valence-corrected chi connectivity index (χ4v) is 535. The van der Waals surface area contributed by atoms with E-state index in [-0.39, 0.29) is 0 Å². The molecule has 0 aliphatic rings. The van der Waals surface area contributed by atoms with Crippen LogP contribution in [-0.2, 0) is 61.7 Å². The summed E-state index contributed by atoms with van der Waals surface area (Å²) in [7, 11) is -106. The summed E-state index contributed by atoms with van der Waals surface area (Å²) in [5.74, 6) is 0. The first-order valence-corrected chi connectivity index (χ1v) is 108. The van der Waals surface area contributed by atoms with E-state index >= 15 is 0 Å². The molecule has 0 rings (SSSR count). The van der Waals surface area contributed by atoms with E-state index in [9.17, 15) is 125 Å². The van der Waals surface area contributed by atoms with Gasteiger partial charge in [-0.15, -0.1) is 0 Å². The Labute approximate surface area is 603 Å². The summed E-state index contributed by atoms with van der Waals surface area (Å²) in [6, 6.07) is 0. The molecule has 0 amide bonds. The lowest BCUT2D eigenvalue weighted by Gasteiger charge is -2.70. The van der Waals surface area contributed by atoms with Crippen molar-refractivity contribution in [2.24, 2.45) is 0 Å². The number of rotatable bonds is 56. The summed E-state index contributed by atoms with van der Waals surface area (Å²) in [5.41, 5.74) is 0. The molecule has 5 atom stereocenters. The molecule has 0 bridgehead atoms. The SMILES string of the molecule is C[Si](C)O[Si](O[Si](O[Si](O[Si](C)(C)O[Si](C)(C)C)([Si](O[Si](O[Si]O)([Si]O)[SiH](C)O)([Si](O[Si]O)([Si]O)[Si]O)[Si](O[Si]O)([Si]O)[Si]O)[Si](O[Si](O[Si]O)([Si]O)[Si]O)([Si](O[Si]O)([Si]O)[Si]O)[Si](O[Si]O)([Si]O)[Si](C)O)([Si](O[Si]O)([Si]O)[Si]O)[Si](O[Si]O)([Si]O)[Si]O)([Si]O)[Si]O. The Bertz CT molecular complexity index is 1980. The third kappa shape index (κ3) is 20.1. The maximum absolute atomic E-state index is 13.5. The summed E-state index contributed by atoms with van der Waals surface area (Å²) in [5, 5.41) is 0. The maximum Gasteiger partial charge on any atom is 0.420 e. The monoisotopic (exact) mass is 1990 g/mol. The highest BCUT2D eigenvalue weighted by atomic mass is 30.5. The van der Waals surface area contributed by atoms with E-state index in [4.69, 9.17) is 61.7 Å². The summed E-state index contributed by atoms with van der Waals surface area (Å²) in [6.07, 6.45) is 0. The molecular formula is C9H54O41Si42. The van der Waals surface area contributed by atoms with Crippen LogP contribution in [0.5, 0.6) is 0 Å². The third-order valence-corrected chi connectivity index (χ3v) is 322. The molecule has 26 N–H and O–H groups in total. The fourth-order valence-electron chi connectivity index (χ4n) is 8.40. The van der Waals surface area contributed by atoms with E-state index in [1.807, 2.05) is 0 Å². The minimum Gasteiger partial charge on any atom is -0.438 e. The predicted octanol–water partition coefficient (Wildman–Crippen LogP) is -26.5. The molecule has 0 heterocycles. The van der Waals surface area contributed by atoms with Gasteiger partial charge in [-0.25, -0.2) is 0 Å². The molecule has 5 unspecified atom stereocenters. The van der Waals surface area contributed by atoms with Gasteiger partial charge in [-0.05, 0) is 58.9 Å². The molecule has 0 aromatic carbocycles. The Balaban J connectivity index is 14.6. The summed E-state index contributed by atoms with van der Waals surface area (Å²) in [6.45, 7) is -42.6. The Kier molecular flexibility index (Phi) is 47.8. The van der Waals surface area contributed by atoms with Crippen LogP contribution in [0, 0.1) is 0 Å². The van der Waals surface area contributed by atoms with Crippen molar-refractivity contribution < 1.29 is 186 Å². The van der Waals surface area contributed by atoms with E-state index in [1.165, 1.54) is 32.7 Å². The Morgan fingerprint density at radius 3 is 0.913 bits per heavy atom. The van der Waals surface area contributed by atoms with Gasteiger partial charge in [0, 0.05) is 0 Å². The van der Waals surface area contributed by atoms with Crippen LogP contribution >= 0.6 is 0 Å². The molecule has 41 nitrogen and oxygen atoms in total. The molecule has 0 aliphatic heterocycles. The van der Waals surface area contributed by atoms with Crippen LogP contribution in [0.3, 0.4) is 0 Å². The van der Waals surface area contributed by atoms with Crippen molar-refractivity contribution in [1.82, 2.24) is 0 Å². The smallest absolute Gasteiger partial charge is 0.420 e. The normalized spacial score (nSPS) is 17.3. The van der Waals surface area contributed by atoms with Crippen LogP contribution < -0.4 is 0 Å². The van der Waals surface area contributed by atoms with E-state index in [0.29, 0.717) is 0 Å². The average Bonchev–Trinajstić information content (AvgIpc) is 0.639. The van der Waals surface area contributed by atoms with Gasteiger partial charge < -0.3 is 186 Å². The lowest BCUT2D eigenvalue weighted by atomic mass is 11.8. The van der Waals surface area contributed by atoms with Crippen molar-refractivity contribution >= 4 is 365 Å². The van der Waals surface area contributed by atoms with Gasteiger partial charge in [-0.1, -0.05) is 0 Å². The van der Waals surface area contributed by atoms with Crippen molar-refractivity contribution in [3.05, 3.63) is 0 Å². The molecule has 0 spiro atoms. The molecule has 0 saturated heterocycles. The standard InChI is InChI=1S/C9H54O41Si42/c1-75(2)44-81(61-20,62-21)47-83(85(64-23,65-24)38-53-12,86(66-25,67-26)39-54-13)50-84(46-79(8,9)45-78(5,6)7,91(87(68-27,69-28)40-55-14,88(70-29,71-30)41-56-15)49-82(63-22,37-52-11)76(3)34)92(89(72-31,73-32)42-57-16,48-80(59-18,60-19)36-51-10)90(74-33,43-58-17)77(4)35/h10-35,76H,1-9H3. The molecule has 92 heavy (non-hydrogen) atoms. The lowest BCUT2D eigenvalue weighted by molar-refractivity contribution is 0.295. The van der Waals surface area contributed by atoms with Crippen LogP contribution in [0.1, 0.15) is 0 Å². The van der Waals surface area contributed by atoms with Crippen molar-refractivity contribution in [1.29, 1.82) is 0 Å². The van der Waals surface area contributed by atoms with Crippen molar-refractivity contribution in [3.8, 4) is 0 Å². The van der Waals surface area contributed by atoms with E-state index < -0.39 is 365 Å². The maximum atomic E-state index is 13.5. The first-order chi connectivity index (χ1) is 43.0. The van der Waals surface area contributed by atoms with Crippen LogP contribution in [0.2, 0.25) is 58.9 Å². The first-order valence-electron chi connectivity index (χ1n) is 23.1. The highest BCUT2D eigenvalue weighted by molar-refractivity contribution is 8.24. The highest BCUT2D eigenvalue weighted by Gasteiger charge is 3.01. The van der Waals surface area contributed by atoms with Crippen LogP contribution in [-0.4, -0.2) is 489 Å². The summed E-state index contributed by atoms with van der Waals surface area (Å²) < 4.78 is 102. The minimum absolute atomic E-state index is 0.858. The second-order valence-electron chi connectivity index (χ2n) is 18.3. The van der Waals surface area contributed by atoms with Gasteiger partial charge in [0.05, 0.1) is 0 Å². The predicted molar refractivity (Wildman–Crippen MR) is 370 cm³/mol. The molecule has 0 fully saturated rings. The second kappa shape index (κ2) is 44.2. The summed E-state index contributed by atoms with van der Waals surface area (Å²) >= 11 is 0. The minimum atomic E-state index is -8.18. The lowest BCUT2D eigenvalue weighted by Crippen LogP contribution is -3.14. The Hall–Kier alpha value is 7.47. The van der Waals surface area contributed by atoms with E-state index in [2.05, 4.69) is 0 Å². The number of hydrogen-bond donors (Lipinski definition) is 26. The van der Waals surface area contributed by atoms with Gasteiger partial charge in [0.1, 0.15) is 0 Å². The average molecular weight is 2000 g/mol.